The molecule has 1 rings (SSSR count). The van der Waals surface area contributed by atoms with E-state index >= 15 is 0 Å². The molecule has 0 aromatic heterocycles. The third-order valence-corrected chi connectivity index (χ3v) is 3.94. The molecule has 0 saturated heterocycles. The quantitative estimate of drug-likeness (QED) is 0.687. The standard InChI is InChI=1S/C10H19NO2.ClH/c1-9(2)7(11)5-6-10(9,3)8(12)13-4;/h7H,5-6,11H2,1-4H3;1H/t7-,10-;/m0./s1. The van der Waals surface area contributed by atoms with Crippen LogP contribution in [0.2, 0.25) is 0 Å². The van der Waals surface area contributed by atoms with Crippen molar-refractivity contribution in [3.05, 3.63) is 0 Å². The van der Waals surface area contributed by atoms with E-state index in [2.05, 4.69) is 0 Å². The Bertz CT molecular complexity index is 230. The highest BCUT2D eigenvalue weighted by atomic mass is 35.5. The number of hydrogen-bond acceptors (Lipinski definition) is 3. The van der Waals surface area contributed by atoms with Crippen molar-refractivity contribution < 1.29 is 9.53 Å². The van der Waals surface area contributed by atoms with Gasteiger partial charge in [0.15, 0.2) is 0 Å². The van der Waals surface area contributed by atoms with Crippen LogP contribution in [-0.2, 0) is 9.53 Å². The summed E-state index contributed by atoms with van der Waals surface area (Å²) in [5, 5.41) is 0. The van der Waals surface area contributed by atoms with Crippen molar-refractivity contribution in [2.75, 3.05) is 7.11 Å². The second-order valence-corrected chi connectivity index (χ2v) is 4.69. The molecule has 0 aromatic carbocycles. The van der Waals surface area contributed by atoms with E-state index in [9.17, 15) is 4.79 Å². The summed E-state index contributed by atoms with van der Waals surface area (Å²) in [7, 11) is 1.44. The molecule has 0 amide bonds. The first-order valence-corrected chi connectivity index (χ1v) is 4.70. The molecule has 84 valence electrons. The second kappa shape index (κ2) is 4.07. The molecule has 0 spiro atoms. The van der Waals surface area contributed by atoms with Gasteiger partial charge in [-0.1, -0.05) is 13.8 Å². The van der Waals surface area contributed by atoms with Crippen molar-refractivity contribution in [2.24, 2.45) is 16.6 Å². The van der Waals surface area contributed by atoms with Gasteiger partial charge in [0, 0.05) is 6.04 Å². The third kappa shape index (κ3) is 1.63. The van der Waals surface area contributed by atoms with Crippen LogP contribution in [0.5, 0.6) is 0 Å². The zero-order valence-electron chi connectivity index (χ0n) is 9.29. The van der Waals surface area contributed by atoms with Crippen molar-refractivity contribution in [3.63, 3.8) is 0 Å². The van der Waals surface area contributed by atoms with Gasteiger partial charge in [-0.2, -0.15) is 0 Å². The topological polar surface area (TPSA) is 52.3 Å². The third-order valence-electron chi connectivity index (χ3n) is 3.94. The van der Waals surface area contributed by atoms with Gasteiger partial charge in [0.2, 0.25) is 0 Å². The number of rotatable bonds is 1. The molecule has 2 N–H and O–H groups in total. The van der Waals surface area contributed by atoms with Crippen molar-refractivity contribution in [1.29, 1.82) is 0 Å². The minimum absolute atomic E-state index is 0. The maximum absolute atomic E-state index is 11.6. The van der Waals surface area contributed by atoms with E-state index in [-0.39, 0.29) is 29.8 Å². The molecule has 0 unspecified atom stereocenters. The molecule has 0 aliphatic heterocycles. The summed E-state index contributed by atoms with van der Waals surface area (Å²) < 4.78 is 4.83. The summed E-state index contributed by atoms with van der Waals surface area (Å²) in [6.07, 6.45) is 1.73. The Hall–Kier alpha value is -0.280. The monoisotopic (exact) mass is 221 g/mol. The largest absolute Gasteiger partial charge is 0.469 e. The Balaban J connectivity index is 0.00000169. The summed E-state index contributed by atoms with van der Waals surface area (Å²) in [5.41, 5.74) is 5.39. The van der Waals surface area contributed by atoms with Gasteiger partial charge in [-0.3, -0.25) is 4.79 Å². The SMILES string of the molecule is COC(=O)[C@]1(C)CC[C@H](N)C1(C)C.Cl. The summed E-state index contributed by atoms with van der Waals surface area (Å²) in [6.45, 7) is 6.04. The van der Waals surface area contributed by atoms with Crippen molar-refractivity contribution in [2.45, 2.75) is 39.7 Å². The van der Waals surface area contributed by atoms with Gasteiger partial charge in [0.05, 0.1) is 12.5 Å². The number of methoxy groups -OCH3 is 1. The van der Waals surface area contributed by atoms with Crippen LogP contribution < -0.4 is 5.73 Å². The molecule has 1 fully saturated rings. The van der Waals surface area contributed by atoms with E-state index in [1.807, 2.05) is 20.8 Å². The van der Waals surface area contributed by atoms with Gasteiger partial charge in [-0.15, -0.1) is 12.4 Å². The van der Waals surface area contributed by atoms with Gasteiger partial charge >= 0.3 is 5.97 Å². The molecule has 1 saturated carbocycles. The summed E-state index contributed by atoms with van der Waals surface area (Å²) in [5.74, 6) is -0.134. The molecule has 4 heteroatoms. The average molecular weight is 222 g/mol. The second-order valence-electron chi connectivity index (χ2n) is 4.69. The summed E-state index contributed by atoms with van der Waals surface area (Å²) in [4.78, 5) is 11.6. The van der Waals surface area contributed by atoms with E-state index in [1.54, 1.807) is 0 Å². The number of halogens is 1. The normalized spacial score (nSPS) is 34.8. The lowest BCUT2D eigenvalue weighted by molar-refractivity contribution is -0.157. The fraction of sp³-hybridized carbons (Fsp3) is 0.900. The van der Waals surface area contributed by atoms with Crippen LogP contribution >= 0.6 is 12.4 Å². The zero-order valence-corrected chi connectivity index (χ0v) is 10.1. The average Bonchev–Trinajstić information content (AvgIpc) is 2.29. The van der Waals surface area contributed by atoms with Crippen molar-refractivity contribution in [3.8, 4) is 0 Å². The van der Waals surface area contributed by atoms with E-state index < -0.39 is 5.41 Å². The van der Waals surface area contributed by atoms with E-state index in [1.165, 1.54) is 7.11 Å². The first-order chi connectivity index (χ1) is 5.86. The highest BCUT2D eigenvalue weighted by molar-refractivity contribution is 5.85. The van der Waals surface area contributed by atoms with Crippen LogP contribution in [-0.4, -0.2) is 19.1 Å². The van der Waals surface area contributed by atoms with Crippen LogP contribution in [0.3, 0.4) is 0 Å². The molecule has 0 bridgehead atoms. The van der Waals surface area contributed by atoms with Gasteiger partial charge in [0.25, 0.3) is 0 Å². The maximum Gasteiger partial charge on any atom is 0.312 e. The molecular weight excluding hydrogens is 202 g/mol. The number of carbonyl (C=O) groups excluding carboxylic acids is 1. The van der Waals surface area contributed by atoms with Crippen LogP contribution in [0.4, 0.5) is 0 Å². The molecule has 2 atom stereocenters. The highest BCUT2D eigenvalue weighted by Gasteiger charge is 2.55. The Morgan fingerprint density at radius 1 is 1.43 bits per heavy atom. The van der Waals surface area contributed by atoms with Gasteiger partial charge in [-0.25, -0.2) is 0 Å². The minimum atomic E-state index is -0.416. The zero-order chi connectivity index (χ0) is 10.3. The predicted octanol–water partition coefficient (Wildman–Crippen LogP) is 1.73. The summed E-state index contributed by atoms with van der Waals surface area (Å²) >= 11 is 0. The Morgan fingerprint density at radius 3 is 2.21 bits per heavy atom. The highest BCUT2D eigenvalue weighted by Crippen LogP contribution is 2.52. The Labute approximate surface area is 91.8 Å². The molecular formula is C10H20ClNO2. The van der Waals surface area contributed by atoms with Crippen LogP contribution in [0, 0.1) is 10.8 Å². The first kappa shape index (κ1) is 13.7. The van der Waals surface area contributed by atoms with Gasteiger partial charge in [-0.05, 0) is 25.2 Å². The van der Waals surface area contributed by atoms with Gasteiger partial charge < -0.3 is 10.5 Å². The molecule has 3 nitrogen and oxygen atoms in total. The number of hydrogen-bond donors (Lipinski definition) is 1. The molecule has 1 aliphatic rings. The van der Waals surface area contributed by atoms with Crippen LogP contribution in [0.25, 0.3) is 0 Å². The fourth-order valence-corrected chi connectivity index (χ4v) is 2.13. The number of ether oxygens (including phenoxy) is 1. The molecule has 14 heavy (non-hydrogen) atoms. The lowest BCUT2D eigenvalue weighted by atomic mass is 9.68. The fourth-order valence-electron chi connectivity index (χ4n) is 2.13. The van der Waals surface area contributed by atoms with Crippen LogP contribution in [0.15, 0.2) is 0 Å². The lowest BCUT2D eigenvalue weighted by Gasteiger charge is -2.37. The van der Waals surface area contributed by atoms with E-state index in [0.29, 0.717) is 0 Å². The minimum Gasteiger partial charge on any atom is -0.469 e. The molecule has 0 radical (unpaired) electrons. The molecule has 1 aliphatic carbocycles. The number of nitrogens with two attached hydrogens (primary N) is 1. The number of carbonyl (C=O) groups is 1. The molecule has 0 heterocycles. The smallest absolute Gasteiger partial charge is 0.312 e. The number of esters is 1. The first-order valence-electron chi connectivity index (χ1n) is 4.70. The van der Waals surface area contributed by atoms with E-state index in [4.69, 9.17) is 10.5 Å². The Morgan fingerprint density at radius 2 is 1.93 bits per heavy atom. The van der Waals surface area contributed by atoms with E-state index in [0.717, 1.165) is 12.8 Å². The van der Waals surface area contributed by atoms with Crippen molar-refractivity contribution >= 4 is 18.4 Å². The Kier molecular flexibility index (Phi) is 3.99. The summed E-state index contributed by atoms with van der Waals surface area (Å²) in [6, 6.07) is 0.0941. The predicted molar refractivity (Wildman–Crippen MR) is 58.4 cm³/mol. The maximum atomic E-state index is 11.6. The van der Waals surface area contributed by atoms with Gasteiger partial charge in [0.1, 0.15) is 0 Å². The lowest BCUT2D eigenvalue weighted by Crippen LogP contribution is -2.46. The molecule has 0 aromatic rings. The van der Waals surface area contributed by atoms with Crippen LogP contribution in [0.1, 0.15) is 33.6 Å². The van der Waals surface area contributed by atoms with Crippen molar-refractivity contribution in [1.82, 2.24) is 0 Å².